The number of nitrogens with zero attached hydrogens (tertiary/aromatic N) is 1. The second-order valence-corrected chi connectivity index (χ2v) is 5.39. The fourth-order valence-electron chi connectivity index (χ4n) is 1.45. The van der Waals surface area contributed by atoms with E-state index in [1.165, 1.54) is 6.07 Å². The van der Waals surface area contributed by atoms with Gasteiger partial charge in [0.1, 0.15) is 11.6 Å². The minimum atomic E-state index is -0.697. The average Bonchev–Trinajstić information content (AvgIpc) is 2.38. The maximum atomic E-state index is 13.6. The summed E-state index contributed by atoms with van der Waals surface area (Å²) in [4.78, 5) is 0. The van der Waals surface area contributed by atoms with Crippen molar-refractivity contribution in [1.82, 2.24) is 0 Å². The van der Waals surface area contributed by atoms with Crippen molar-refractivity contribution in [3.8, 4) is 6.07 Å². The molecule has 0 saturated heterocycles. The topological polar surface area (TPSA) is 35.8 Å². The third kappa shape index (κ3) is 3.11. The average molecular weight is 388 g/mol. The van der Waals surface area contributed by atoms with Crippen molar-refractivity contribution in [3.05, 3.63) is 56.5 Å². The van der Waals surface area contributed by atoms with E-state index in [0.29, 0.717) is 15.7 Å². The Morgan fingerprint density at radius 1 is 0.947 bits per heavy atom. The Kier molecular flexibility index (Phi) is 4.17. The summed E-state index contributed by atoms with van der Waals surface area (Å²) >= 11 is 6.28. The Bertz CT molecular complexity index is 681. The number of hydrogen-bond acceptors (Lipinski definition) is 2. The van der Waals surface area contributed by atoms with Crippen LogP contribution in [-0.4, -0.2) is 0 Å². The van der Waals surface area contributed by atoms with E-state index in [1.54, 1.807) is 18.2 Å². The van der Waals surface area contributed by atoms with Crippen LogP contribution in [-0.2, 0) is 0 Å². The molecular weight excluding hydrogens is 382 g/mol. The summed E-state index contributed by atoms with van der Waals surface area (Å²) in [5.41, 5.74) is 1.20. The van der Waals surface area contributed by atoms with Gasteiger partial charge in [-0.05, 0) is 56.1 Å². The van der Waals surface area contributed by atoms with Crippen LogP contribution in [0.5, 0.6) is 0 Å². The first-order valence-electron chi connectivity index (χ1n) is 5.12. The standard InChI is InChI=1S/C13H6Br2F2N2/c14-8-4-13(11(17)5-10(8)16)19-12-2-1-7(6-18)3-9(12)15/h1-5,19H. The highest BCUT2D eigenvalue weighted by Gasteiger charge is 2.10. The lowest BCUT2D eigenvalue weighted by Gasteiger charge is -2.10. The normalized spacial score (nSPS) is 10.1. The predicted molar refractivity (Wildman–Crippen MR) is 76.2 cm³/mol. The number of nitriles is 1. The van der Waals surface area contributed by atoms with Crippen molar-refractivity contribution in [2.75, 3.05) is 5.32 Å². The lowest BCUT2D eigenvalue weighted by molar-refractivity contribution is 0.581. The van der Waals surface area contributed by atoms with E-state index in [9.17, 15) is 8.78 Å². The van der Waals surface area contributed by atoms with Crippen molar-refractivity contribution in [2.45, 2.75) is 0 Å². The van der Waals surface area contributed by atoms with Crippen molar-refractivity contribution in [1.29, 1.82) is 5.26 Å². The number of hydrogen-bond donors (Lipinski definition) is 1. The van der Waals surface area contributed by atoms with E-state index in [-0.39, 0.29) is 10.2 Å². The third-order valence-corrected chi connectivity index (χ3v) is 3.64. The molecule has 0 saturated carbocycles. The highest BCUT2D eigenvalue weighted by atomic mass is 79.9. The molecule has 2 aromatic rings. The Labute approximate surface area is 125 Å². The van der Waals surface area contributed by atoms with Crippen LogP contribution in [0.15, 0.2) is 39.3 Å². The van der Waals surface area contributed by atoms with Gasteiger partial charge in [-0.3, -0.25) is 0 Å². The SMILES string of the molecule is N#Cc1ccc(Nc2cc(Br)c(F)cc2F)c(Br)c1. The molecule has 0 bridgehead atoms. The number of benzene rings is 2. The maximum Gasteiger partial charge on any atom is 0.149 e. The minimum absolute atomic E-state index is 0.138. The van der Waals surface area contributed by atoms with Crippen molar-refractivity contribution >= 4 is 43.2 Å². The van der Waals surface area contributed by atoms with Crippen molar-refractivity contribution in [3.63, 3.8) is 0 Å². The molecule has 0 amide bonds. The minimum Gasteiger partial charge on any atom is -0.352 e. The van der Waals surface area contributed by atoms with Crippen LogP contribution >= 0.6 is 31.9 Å². The van der Waals surface area contributed by atoms with Crippen molar-refractivity contribution < 1.29 is 8.78 Å². The summed E-state index contributed by atoms with van der Waals surface area (Å²) in [5, 5.41) is 11.6. The van der Waals surface area contributed by atoms with Crippen LogP contribution in [0, 0.1) is 23.0 Å². The number of anilines is 2. The van der Waals surface area contributed by atoms with E-state index in [2.05, 4.69) is 37.2 Å². The van der Waals surface area contributed by atoms with E-state index < -0.39 is 11.6 Å². The van der Waals surface area contributed by atoms with Gasteiger partial charge in [0, 0.05) is 10.5 Å². The van der Waals surface area contributed by atoms with Gasteiger partial charge < -0.3 is 5.32 Å². The van der Waals surface area contributed by atoms with Crippen LogP contribution in [0.1, 0.15) is 5.56 Å². The number of halogens is 4. The van der Waals surface area contributed by atoms with Crippen LogP contribution < -0.4 is 5.32 Å². The molecule has 0 aliphatic heterocycles. The van der Waals surface area contributed by atoms with E-state index >= 15 is 0 Å². The smallest absolute Gasteiger partial charge is 0.149 e. The van der Waals surface area contributed by atoms with Gasteiger partial charge in [-0.25, -0.2) is 8.78 Å². The Balaban J connectivity index is 2.37. The Morgan fingerprint density at radius 2 is 1.68 bits per heavy atom. The summed E-state index contributed by atoms with van der Waals surface area (Å²) in [6.45, 7) is 0. The fourth-order valence-corrected chi connectivity index (χ4v) is 2.27. The first-order valence-corrected chi connectivity index (χ1v) is 6.71. The highest BCUT2D eigenvalue weighted by molar-refractivity contribution is 9.10. The van der Waals surface area contributed by atoms with Crippen molar-refractivity contribution in [2.24, 2.45) is 0 Å². The third-order valence-electron chi connectivity index (χ3n) is 2.38. The largest absolute Gasteiger partial charge is 0.352 e. The van der Waals surface area contributed by atoms with Crippen LogP contribution in [0.3, 0.4) is 0 Å². The lowest BCUT2D eigenvalue weighted by Crippen LogP contribution is -1.96. The molecule has 6 heteroatoms. The van der Waals surface area contributed by atoms with Gasteiger partial charge in [0.2, 0.25) is 0 Å². The Morgan fingerprint density at radius 3 is 2.32 bits per heavy atom. The first kappa shape index (κ1) is 14.0. The molecule has 0 aromatic heterocycles. The number of nitrogens with one attached hydrogen (secondary N) is 1. The molecule has 96 valence electrons. The Hall–Kier alpha value is -1.45. The summed E-state index contributed by atoms with van der Waals surface area (Å²) in [6.07, 6.45) is 0. The fraction of sp³-hybridized carbons (Fsp3) is 0. The van der Waals surface area contributed by atoms with E-state index in [0.717, 1.165) is 6.07 Å². The van der Waals surface area contributed by atoms with Gasteiger partial charge in [-0.1, -0.05) is 0 Å². The van der Waals surface area contributed by atoms with Crippen LogP contribution in [0.25, 0.3) is 0 Å². The van der Waals surface area contributed by atoms with Crippen LogP contribution in [0.2, 0.25) is 0 Å². The molecule has 0 heterocycles. The molecular formula is C13H6Br2F2N2. The zero-order chi connectivity index (χ0) is 14.0. The molecule has 0 atom stereocenters. The predicted octanol–water partition coefficient (Wildman–Crippen LogP) is 5.11. The monoisotopic (exact) mass is 386 g/mol. The quantitative estimate of drug-likeness (QED) is 0.727. The highest BCUT2D eigenvalue weighted by Crippen LogP contribution is 2.30. The molecule has 1 N–H and O–H groups in total. The van der Waals surface area contributed by atoms with Gasteiger partial charge in [0.05, 0.1) is 27.5 Å². The second-order valence-electron chi connectivity index (χ2n) is 3.68. The first-order chi connectivity index (χ1) is 9.01. The molecule has 2 aromatic carbocycles. The molecule has 0 fully saturated rings. The zero-order valence-electron chi connectivity index (χ0n) is 9.35. The molecule has 0 spiro atoms. The summed E-state index contributed by atoms with van der Waals surface area (Å²) in [5.74, 6) is -1.36. The zero-order valence-corrected chi connectivity index (χ0v) is 12.5. The maximum absolute atomic E-state index is 13.6. The van der Waals surface area contributed by atoms with Gasteiger partial charge >= 0.3 is 0 Å². The van der Waals surface area contributed by atoms with Crippen LogP contribution in [0.4, 0.5) is 20.2 Å². The molecule has 0 unspecified atom stereocenters. The second kappa shape index (κ2) is 5.68. The molecule has 0 aliphatic carbocycles. The van der Waals surface area contributed by atoms with Gasteiger partial charge in [0.15, 0.2) is 0 Å². The number of rotatable bonds is 2. The van der Waals surface area contributed by atoms with E-state index in [1.807, 2.05) is 6.07 Å². The molecule has 2 rings (SSSR count). The summed E-state index contributed by atoms with van der Waals surface area (Å²) in [6, 6.07) is 8.96. The molecule has 19 heavy (non-hydrogen) atoms. The van der Waals surface area contributed by atoms with Gasteiger partial charge in [-0.15, -0.1) is 0 Å². The lowest BCUT2D eigenvalue weighted by atomic mass is 10.2. The van der Waals surface area contributed by atoms with Gasteiger partial charge in [-0.2, -0.15) is 5.26 Å². The summed E-state index contributed by atoms with van der Waals surface area (Å²) < 4.78 is 27.5. The molecule has 2 nitrogen and oxygen atoms in total. The molecule has 0 aliphatic rings. The summed E-state index contributed by atoms with van der Waals surface area (Å²) in [7, 11) is 0. The van der Waals surface area contributed by atoms with Gasteiger partial charge in [0.25, 0.3) is 0 Å². The molecule has 0 radical (unpaired) electrons. The van der Waals surface area contributed by atoms with E-state index in [4.69, 9.17) is 5.26 Å².